The lowest BCUT2D eigenvalue weighted by Crippen LogP contribution is -2.14. The number of hydrogen-bond donors (Lipinski definition) is 0. The Morgan fingerprint density at radius 2 is 1.22 bits per heavy atom. The van der Waals surface area contributed by atoms with E-state index in [-0.39, 0.29) is 0 Å². The zero-order chi connectivity index (χ0) is 22.2. The third-order valence-electron chi connectivity index (χ3n) is 7.00. The van der Waals surface area contributed by atoms with Gasteiger partial charge in [0.05, 0.1) is 0 Å². The Kier molecular flexibility index (Phi) is 8.24. The van der Waals surface area contributed by atoms with Gasteiger partial charge >= 0.3 is 0 Å². The average molecular weight is 443 g/mol. The van der Waals surface area contributed by atoms with Crippen LogP contribution in [0.3, 0.4) is 0 Å². The molecule has 1 aliphatic rings. The Bertz CT molecular complexity index is 972. The summed E-state index contributed by atoms with van der Waals surface area (Å²) in [6, 6.07) is 26.5. The van der Waals surface area contributed by atoms with Gasteiger partial charge in [-0.1, -0.05) is 97.8 Å². The molecule has 0 aliphatic heterocycles. The Morgan fingerprint density at radius 3 is 1.81 bits per heavy atom. The zero-order valence-electron chi connectivity index (χ0n) is 19.3. The van der Waals surface area contributed by atoms with Gasteiger partial charge in [-0.15, -0.1) is 0 Å². The fourth-order valence-electron chi connectivity index (χ4n) is 4.96. The summed E-state index contributed by atoms with van der Waals surface area (Å²) in [5, 5.41) is 0.779. The van der Waals surface area contributed by atoms with Crippen LogP contribution in [-0.4, -0.2) is 0 Å². The predicted octanol–water partition coefficient (Wildman–Crippen LogP) is 9.37. The molecule has 1 saturated carbocycles. The Labute approximate surface area is 199 Å². The van der Waals surface area contributed by atoms with Crippen molar-refractivity contribution in [1.29, 1.82) is 0 Å². The van der Waals surface area contributed by atoms with Gasteiger partial charge in [-0.3, -0.25) is 0 Å². The normalized spacial score (nSPS) is 18.8. The average Bonchev–Trinajstić information content (AvgIpc) is 2.84. The minimum atomic E-state index is 0.772. The summed E-state index contributed by atoms with van der Waals surface area (Å²) < 4.78 is 0. The second-order valence-electron chi connectivity index (χ2n) is 9.37. The van der Waals surface area contributed by atoms with E-state index >= 15 is 0 Å². The van der Waals surface area contributed by atoms with Crippen molar-refractivity contribution in [2.75, 3.05) is 0 Å². The van der Waals surface area contributed by atoms with Crippen LogP contribution in [0.15, 0.2) is 72.8 Å². The van der Waals surface area contributed by atoms with Gasteiger partial charge in [0, 0.05) is 5.02 Å². The van der Waals surface area contributed by atoms with Crippen molar-refractivity contribution in [2.45, 2.75) is 64.2 Å². The smallest absolute Gasteiger partial charge is 0.0406 e. The molecular formula is C31H35Cl. The molecule has 1 heteroatoms. The highest BCUT2D eigenvalue weighted by atomic mass is 35.5. The quantitative estimate of drug-likeness (QED) is 0.305. The fourth-order valence-corrected chi connectivity index (χ4v) is 5.09. The maximum absolute atomic E-state index is 5.96. The van der Waals surface area contributed by atoms with Crippen molar-refractivity contribution >= 4 is 23.8 Å². The first-order chi connectivity index (χ1) is 15.7. The highest BCUT2D eigenvalue weighted by Crippen LogP contribution is 2.37. The molecule has 0 N–H and O–H groups in total. The van der Waals surface area contributed by atoms with Crippen LogP contribution in [-0.2, 0) is 12.8 Å². The second kappa shape index (κ2) is 11.5. The van der Waals surface area contributed by atoms with Crippen LogP contribution < -0.4 is 0 Å². The topological polar surface area (TPSA) is 0 Å². The predicted molar refractivity (Wildman–Crippen MR) is 140 cm³/mol. The van der Waals surface area contributed by atoms with Gasteiger partial charge in [-0.05, 0) is 96.7 Å². The summed E-state index contributed by atoms with van der Waals surface area (Å²) in [7, 11) is 0. The van der Waals surface area contributed by atoms with E-state index in [9.17, 15) is 0 Å². The molecule has 0 amide bonds. The van der Waals surface area contributed by atoms with Crippen LogP contribution >= 0.6 is 11.6 Å². The molecule has 0 heterocycles. The van der Waals surface area contributed by atoms with Crippen LogP contribution in [0.5, 0.6) is 0 Å². The molecule has 0 saturated heterocycles. The highest BCUT2D eigenvalue weighted by Gasteiger charge is 2.22. The SMILES string of the molecule is CCCc1ccc(C2CCC(CCc3ccc(/C=C/c4ccc(Cl)cc4)cc3)CC2)cc1. The van der Waals surface area contributed by atoms with Crippen LogP contribution in [0, 0.1) is 5.92 Å². The molecular weight excluding hydrogens is 408 g/mol. The number of rotatable bonds is 8. The van der Waals surface area contributed by atoms with Gasteiger partial charge in [0.15, 0.2) is 0 Å². The fraction of sp³-hybridized carbons (Fsp3) is 0.355. The molecule has 3 aromatic carbocycles. The molecule has 0 aromatic heterocycles. The lowest BCUT2D eigenvalue weighted by atomic mass is 9.77. The summed E-state index contributed by atoms with van der Waals surface area (Å²) >= 11 is 5.96. The van der Waals surface area contributed by atoms with E-state index in [1.165, 1.54) is 73.6 Å². The number of aryl methyl sites for hydroxylation is 2. The van der Waals surface area contributed by atoms with Crippen molar-refractivity contribution in [3.05, 3.63) is 106 Å². The highest BCUT2D eigenvalue weighted by molar-refractivity contribution is 6.30. The summed E-state index contributed by atoms with van der Waals surface area (Å²) in [6.45, 7) is 2.25. The minimum absolute atomic E-state index is 0.772. The monoisotopic (exact) mass is 442 g/mol. The van der Waals surface area contributed by atoms with E-state index in [2.05, 4.69) is 67.6 Å². The zero-order valence-corrected chi connectivity index (χ0v) is 20.0. The van der Waals surface area contributed by atoms with E-state index in [1.807, 2.05) is 24.3 Å². The molecule has 0 nitrogen and oxygen atoms in total. The van der Waals surface area contributed by atoms with Crippen LogP contribution in [0.4, 0.5) is 0 Å². The third kappa shape index (κ3) is 6.59. The number of benzene rings is 3. The molecule has 0 bridgehead atoms. The maximum atomic E-state index is 5.96. The van der Waals surface area contributed by atoms with E-state index < -0.39 is 0 Å². The summed E-state index contributed by atoms with van der Waals surface area (Å²) in [5.74, 6) is 1.66. The molecule has 1 aliphatic carbocycles. The van der Waals surface area contributed by atoms with E-state index in [0.717, 1.165) is 16.9 Å². The standard InChI is InChI=1S/C31H35Cl/c1-2-3-24-12-18-29(19-13-24)30-20-14-27(15-21-30)10-8-25-4-6-26(7-5-25)9-11-28-16-22-31(32)23-17-28/h4-7,9,11-13,16-19,22-23,27,30H,2-3,8,10,14-15,20-21H2,1H3/b11-9+. The molecule has 166 valence electrons. The van der Waals surface area contributed by atoms with Crippen molar-refractivity contribution in [2.24, 2.45) is 5.92 Å². The number of halogens is 1. The molecule has 3 aromatic rings. The van der Waals surface area contributed by atoms with Gasteiger partial charge in [0.2, 0.25) is 0 Å². The molecule has 0 unspecified atom stereocenters. The van der Waals surface area contributed by atoms with E-state index in [1.54, 1.807) is 5.56 Å². The molecule has 0 atom stereocenters. The van der Waals surface area contributed by atoms with Crippen LogP contribution in [0.25, 0.3) is 12.2 Å². The summed E-state index contributed by atoms with van der Waals surface area (Å²) in [4.78, 5) is 0. The van der Waals surface area contributed by atoms with Crippen molar-refractivity contribution in [3.8, 4) is 0 Å². The first-order valence-corrected chi connectivity index (χ1v) is 12.7. The maximum Gasteiger partial charge on any atom is 0.0406 e. The van der Waals surface area contributed by atoms with E-state index in [4.69, 9.17) is 11.6 Å². The van der Waals surface area contributed by atoms with Gasteiger partial charge < -0.3 is 0 Å². The summed E-state index contributed by atoms with van der Waals surface area (Å²) in [5.41, 5.74) is 6.92. The lowest BCUT2D eigenvalue weighted by Gasteiger charge is -2.29. The molecule has 4 rings (SSSR count). The Hall–Kier alpha value is -2.31. The van der Waals surface area contributed by atoms with Gasteiger partial charge in [-0.2, -0.15) is 0 Å². The van der Waals surface area contributed by atoms with Crippen molar-refractivity contribution < 1.29 is 0 Å². The second-order valence-corrected chi connectivity index (χ2v) is 9.81. The van der Waals surface area contributed by atoms with Crippen molar-refractivity contribution in [3.63, 3.8) is 0 Å². The first-order valence-electron chi connectivity index (χ1n) is 12.3. The number of hydrogen-bond acceptors (Lipinski definition) is 0. The van der Waals surface area contributed by atoms with Gasteiger partial charge in [0.1, 0.15) is 0 Å². The van der Waals surface area contributed by atoms with E-state index in [0.29, 0.717) is 0 Å². The lowest BCUT2D eigenvalue weighted by molar-refractivity contribution is 0.310. The minimum Gasteiger partial charge on any atom is -0.0843 e. The Balaban J connectivity index is 1.22. The third-order valence-corrected chi connectivity index (χ3v) is 7.25. The van der Waals surface area contributed by atoms with Crippen molar-refractivity contribution in [1.82, 2.24) is 0 Å². The molecule has 32 heavy (non-hydrogen) atoms. The van der Waals surface area contributed by atoms with Crippen LogP contribution in [0.1, 0.15) is 79.2 Å². The largest absolute Gasteiger partial charge is 0.0843 e. The van der Waals surface area contributed by atoms with Gasteiger partial charge in [0.25, 0.3) is 0 Å². The van der Waals surface area contributed by atoms with Crippen LogP contribution in [0.2, 0.25) is 5.02 Å². The first kappa shape index (κ1) is 22.9. The molecule has 0 radical (unpaired) electrons. The molecule has 0 spiro atoms. The summed E-state index contributed by atoms with van der Waals surface area (Å²) in [6.07, 6.45) is 14.7. The Morgan fingerprint density at radius 1 is 0.688 bits per heavy atom. The molecule has 1 fully saturated rings. The van der Waals surface area contributed by atoms with Gasteiger partial charge in [-0.25, -0.2) is 0 Å².